The molecule has 33 heavy (non-hydrogen) atoms. The fourth-order valence-electron chi connectivity index (χ4n) is 4.83. The molecule has 5 rings (SSSR count). The van der Waals surface area contributed by atoms with Gasteiger partial charge in [0, 0.05) is 37.6 Å². The molecule has 0 spiro atoms. The van der Waals surface area contributed by atoms with E-state index in [0.29, 0.717) is 23.3 Å². The van der Waals surface area contributed by atoms with Gasteiger partial charge in [-0.3, -0.25) is 9.36 Å². The summed E-state index contributed by atoms with van der Waals surface area (Å²) < 4.78 is 7.60. The van der Waals surface area contributed by atoms with E-state index in [2.05, 4.69) is 16.9 Å². The molecule has 2 fully saturated rings. The minimum atomic E-state index is -0.0514. The Morgan fingerprint density at radius 2 is 1.97 bits per heavy atom. The van der Waals surface area contributed by atoms with Crippen LogP contribution in [0.25, 0.3) is 20.7 Å². The number of likely N-dealkylation sites (N-methyl/N-ethyl adjacent to an activating group) is 2. The quantitative estimate of drug-likeness (QED) is 0.590. The van der Waals surface area contributed by atoms with Crippen LogP contribution in [-0.2, 0) is 0 Å². The molecule has 2 amide bonds. The topological polar surface area (TPSA) is 70.9 Å². The number of rotatable bonds is 4. The summed E-state index contributed by atoms with van der Waals surface area (Å²) in [5.41, 5.74) is 1.71. The number of benzene rings is 1. The minimum Gasteiger partial charge on any atom is -0.497 e. The van der Waals surface area contributed by atoms with Crippen LogP contribution < -0.4 is 10.3 Å². The van der Waals surface area contributed by atoms with Crippen molar-refractivity contribution >= 4 is 27.6 Å². The van der Waals surface area contributed by atoms with Crippen molar-refractivity contribution in [2.24, 2.45) is 0 Å². The van der Waals surface area contributed by atoms with Gasteiger partial charge in [-0.05, 0) is 62.3 Å². The Balaban J connectivity index is 1.34. The first-order valence-corrected chi connectivity index (χ1v) is 12.1. The number of urea groups is 1. The molecule has 9 heteroatoms. The first-order valence-electron chi connectivity index (χ1n) is 11.3. The van der Waals surface area contributed by atoms with Crippen molar-refractivity contribution in [3.05, 3.63) is 47.0 Å². The Hall–Kier alpha value is -2.91. The fraction of sp³-hybridized carbons (Fsp3) is 0.458. The molecule has 2 aliphatic rings. The second-order valence-corrected chi connectivity index (χ2v) is 10.0. The van der Waals surface area contributed by atoms with Gasteiger partial charge in [0.05, 0.1) is 25.0 Å². The monoisotopic (exact) mass is 467 g/mol. The lowest BCUT2D eigenvalue weighted by atomic mass is 10.2. The SMILES string of the molecule is COc1ccc(-c2cc3ncn([C@H]4CCN(C(=O)N(C)[C@H]5CCN(C)C5)C4)c(=O)c3s2)cc1. The summed E-state index contributed by atoms with van der Waals surface area (Å²) >= 11 is 1.46. The molecule has 2 aromatic heterocycles. The molecule has 0 N–H and O–H groups in total. The van der Waals surface area contributed by atoms with E-state index >= 15 is 0 Å². The van der Waals surface area contributed by atoms with E-state index in [1.54, 1.807) is 18.0 Å². The molecule has 4 heterocycles. The summed E-state index contributed by atoms with van der Waals surface area (Å²) in [7, 11) is 5.62. The van der Waals surface area contributed by atoms with E-state index in [1.165, 1.54) is 11.3 Å². The van der Waals surface area contributed by atoms with Crippen LogP contribution in [-0.4, -0.2) is 83.7 Å². The maximum absolute atomic E-state index is 13.3. The predicted molar refractivity (Wildman–Crippen MR) is 130 cm³/mol. The molecule has 2 atom stereocenters. The number of amides is 2. The van der Waals surface area contributed by atoms with Gasteiger partial charge < -0.3 is 19.4 Å². The van der Waals surface area contributed by atoms with Gasteiger partial charge in [-0.1, -0.05) is 0 Å². The maximum Gasteiger partial charge on any atom is 0.320 e. The molecule has 8 nitrogen and oxygen atoms in total. The van der Waals surface area contributed by atoms with Crippen LogP contribution in [0.3, 0.4) is 0 Å². The number of carbonyl (C=O) groups excluding carboxylic acids is 1. The summed E-state index contributed by atoms with van der Waals surface area (Å²) in [5, 5.41) is 0. The predicted octanol–water partition coefficient (Wildman–Crippen LogP) is 3.14. The third kappa shape index (κ3) is 4.11. The summed E-state index contributed by atoms with van der Waals surface area (Å²) in [6.45, 7) is 3.12. The Labute approximate surface area is 197 Å². The van der Waals surface area contributed by atoms with Crippen molar-refractivity contribution in [3.63, 3.8) is 0 Å². The zero-order valence-corrected chi connectivity index (χ0v) is 20.0. The highest BCUT2D eigenvalue weighted by Crippen LogP contribution is 2.32. The summed E-state index contributed by atoms with van der Waals surface area (Å²) in [6, 6.07) is 10.0. The lowest BCUT2D eigenvalue weighted by molar-refractivity contribution is 0.155. The number of thiophene rings is 1. The van der Waals surface area contributed by atoms with Crippen LogP contribution in [0.15, 0.2) is 41.5 Å². The van der Waals surface area contributed by atoms with Gasteiger partial charge in [-0.2, -0.15) is 0 Å². The molecule has 0 aliphatic carbocycles. The van der Waals surface area contributed by atoms with E-state index in [4.69, 9.17) is 4.74 Å². The smallest absolute Gasteiger partial charge is 0.320 e. The van der Waals surface area contributed by atoms with E-state index in [1.807, 2.05) is 47.2 Å². The van der Waals surface area contributed by atoms with Gasteiger partial charge in [-0.25, -0.2) is 9.78 Å². The molecule has 1 aromatic carbocycles. The third-order valence-electron chi connectivity index (χ3n) is 6.88. The number of carbonyl (C=O) groups is 1. The average molecular weight is 468 g/mol. The van der Waals surface area contributed by atoms with Gasteiger partial charge in [-0.15, -0.1) is 11.3 Å². The summed E-state index contributed by atoms with van der Waals surface area (Å²) in [6.07, 6.45) is 3.41. The average Bonchev–Trinajstić information content (AvgIpc) is 3.58. The lowest BCUT2D eigenvalue weighted by Crippen LogP contribution is -2.46. The highest BCUT2D eigenvalue weighted by atomic mass is 32.1. The molecule has 0 saturated carbocycles. The number of aromatic nitrogens is 2. The zero-order chi connectivity index (χ0) is 23.1. The number of hydrogen-bond acceptors (Lipinski definition) is 6. The second kappa shape index (κ2) is 8.79. The van der Waals surface area contributed by atoms with Crippen LogP contribution >= 0.6 is 11.3 Å². The van der Waals surface area contributed by atoms with Crippen molar-refractivity contribution in [1.82, 2.24) is 24.3 Å². The molecule has 0 radical (unpaired) electrons. The van der Waals surface area contributed by atoms with E-state index < -0.39 is 0 Å². The summed E-state index contributed by atoms with van der Waals surface area (Å²) in [4.78, 5) is 37.9. The molecular formula is C24H29N5O3S. The van der Waals surface area contributed by atoms with Gasteiger partial charge in [0.2, 0.25) is 0 Å². The van der Waals surface area contributed by atoms with E-state index in [-0.39, 0.29) is 23.7 Å². The van der Waals surface area contributed by atoms with Crippen molar-refractivity contribution in [2.45, 2.75) is 24.9 Å². The molecule has 2 aliphatic heterocycles. The van der Waals surface area contributed by atoms with Crippen LogP contribution in [0.2, 0.25) is 0 Å². The molecule has 3 aromatic rings. The van der Waals surface area contributed by atoms with Crippen molar-refractivity contribution < 1.29 is 9.53 Å². The zero-order valence-electron chi connectivity index (χ0n) is 19.2. The highest BCUT2D eigenvalue weighted by molar-refractivity contribution is 7.22. The van der Waals surface area contributed by atoms with Crippen molar-refractivity contribution in [1.29, 1.82) is 0 Å². The number of fused-ring (bicyclic) bond motifs is 1. The van der Waals surface area contributed by atoms with Gasteiger partial charge >= 0.3 is 6.03 Å². The Bertz CT molecular complexity index is 1220. The Morgan fingerprint density at radius 3 is 2.67 bits per heavy atom. The fourth-order valence-corrected chi connectivity index (χ4v) is 5.89. The second-order valence-electron chi connectivity index (χ2n) is 9.00. The molecular weight excluding hydrogens is 438 g/mol. The first kappa shape index (κ1) is 21.9. The molecule has 0 bridgehead atoms. The molecule has 0 unspecified atom stereocenters. The Morgan fingerprint density at radius 1 is 1.18 bits per heavy atom. The number of ether oxygens (including phenoxy) is 1. The maximum atomic E-state index is 13.3. The molecule has 174 valence electrons. The molecule has 2 saturated heterocycles. The van der Waals surface area contributed by atoms with Crippen LogP contribution in [0, 0.1) is 0 Å². The van der Waals surface area contributed by atoms with Crippen LogP contribution in [0.5, 0.6) is 5.75 Å². The van der Waals surface area contributed by atoms with Gasteiger partial charge in [0.1, 0.15) is 10.4 Å². The van der Waals surface area contributed by atoms with E-state index in [9.17, 15) is 9.59 Å². The van der Waals surface area contributed by atoms with Gasteiger partial charge in [0.25, 0.3) is 5.56 Å². The van der Waals surface area contributed by atoms with Crippen LogP contribution in [0.4, 0.5) is 4.79 Å². The largest absolute Gasteiger partial charge is 0.497 e. The standard InChI is InChI=1S/C24H29N5O3S/c1-26-10-8-17(13-26)27(2)24(31)28-11-9-18(14-28)29-15-25-20-12-21(33-22(20)23(29)30)16-4-6-19(32-3)7-5-16/h4-7,12,15,17-18H,8-11,13-14H2,1-3H3/t17-,18-/m0/s1. The highest BCUT2D eigenvalue weighted by Gasteiger charge is 2.34. The van der Waals surface area contributed by atoms with Crippen LogP contribution in [0.1, 0.15) is 18.9 Å². The minimum absolute atomic E-state index is 0.0326. The van der Waals surface area contributed by atoms with E-state index in [0.717, 1.165) is 42.1 Å². The van der Waals surface area contributed by atoms with Gasteiger partial charge in [0.15, 0.2) is 0 Å². The lowest BCUT2D eigenvalue weighted by Gasteiger charge is -2.29. The summed E-state index contributed by atoms with van der Waals surface area (Å²) in [5.74, 6) is 0.797. The van der Waals surface area contributed by atoms with Crippen molar-refractivity contribution in [3.8, 4) is 16.2 Å². The Kier molecular flexibility index (Phi) is 5.84. The first-order chi connectivity index (χ1) is 15.9. The number of hydrogen-bond donors (Lipinski definition) is 0. The van der Waals surface area contributed by atoms with Crippen molar-refractivity contribution in [2.75, 3.05) is 47.4 Å². The normalized spacial score (nSPS) is 21.1. The number of methoxy groups -OCH3 is 1. The number of nitrogens with zero attached hydrogens (tertiary/aromatic N) is 5. The number of likely N-dealkylation sites (tertiary alicyclic amines) is 2. The third-order valence-corrected chi connectivity index (χ3v) is 8.04.